The van der Waals surface area contributed by atoms with Crippen LogP contribution < -0.4 is 0 Å². The van der Waals surface area contributed by atoms with Crippen molar-refractivity contribution in [2.24, 2.45) is 0 Å². The molecule has 0 aromatic heterocycles. The summed E-state index contributed by atoms with van der Waals surface area (Å²) in [5.41, 5.74) is 7.40. The number of hydrogen-bond acceptors (Lipinski definition) is 0. The Labute approximate surface area is 135 Å². The van der Waals surface area contributed by atoms with Crippen LogP contribution in [0.5, 0.6) is 0 Å². The predicted molar refractivity (Wildman–Crippen MR) is 101 cm³/mol. The molecule has 0 bridgehead atoms. The Bertz CT molecular complexity index is 715. The molecule has 0 saturated carbocycles. The quantitative estimate of drug-likeness (QED) is 0.578. The second-order valence-electron chi connectivity index (χ2n) is 8.16. The highest BCUT2D eigenvalue weighted by Crippen LogP contribution is 2.47. The summed E-state index contributed by atoms with van der Waals surface area (Å²) in [6, 6.07) is 18.8. The predicted octanol–water partition coefficient (Wildman–Crippen LogP) is 6.37. The Balaban J connectivity index is 2.13. The van der Waals surface area contributed by atoms with Gasteiger partial charge in [-0.2, -0.15) is 0 Å². The van der Waals surface area contributed by atoms with E-state index in [2.05, 4.69) is 88.1 Å². The van der Waals surface area contributed by atoms with E-state index in [1.165, 1.54) is 28.3 Å². The lowest BCUT2D eigenvalue weighted by molar-refractivity contribution is 0.637. The molecule has 3 rings (SSSR count). The minimum atomic E-state index is -1.12. The Hall–Kier alpha value is -1.60. The van der Waals surface area contributed by atoms with Gasteiger partial charge in [0.25, 0.3) is 0 Å². The third kappa shape index (κ3) is 2.70. The van der Waals surface area contributed by atoms with Crippen LogP contribution >= 0.6 is 0 Å². The molecule has 114 valence electrons. The van der Waals surface area contributed by atoms with Gasteiger partial charge in [-0.05, 0) is 28.3 Å². The summed E-state index contributed by atoms with van der Waals surface area (Å²) in [5, 5.41) is 0. The van der Waals surface area contributed by atoms with Crippen molar-refractivity contribution >= 4 is 14.1 Å². The fourth-order valence-corrected chi connectivity index (χ4v) is 5.19. The van der Waals surface area contributed by atoms with Crippen molar-refractivity contribution in [1.29, 1.82) is 0 Å². The van der Waals surface area contributed by atoms with E-state index in [0.29, 0.717) is 0 Å². The van der Waals surface area contributed by atoms with Gasteiger partial charge in [-0.3, -0.25) is 0 Å². The average molecular weight is 307 g/mol. The van der Waals surface area contributed by atoms with E-state index in [-0.39, 0.29) is 5.41 Å². The van der Waals surface area contributed by atoms with E-state index in [9.17, 15) is 0 Å². The molecular weight excluding hydrogens is 280 g/mol. The molecule has 0 amide bonds. The van der Waals surface area contributed by atoms with E-state index in [4.69, 9.17) is 0 Å². The highest BCUT2D eigenvalue weighted by atomic mass is 28.3. The molecule has 2 aromatic rings. The summed E-state index contributed by atoms with van der Waals surface area (Å²) in [6.45, 7) is 12.2. The smallest absolute Gasteiger partial charge is 0.0483 e. The molecule has 1 aliphatic carbocycles. The molecule has 0 fully saturated rings. The molecule has 2 aromatic carbocycles. The SMILES string of the molecule is CC1(C)C(C[Si](C)(C)C)=Cc2c(-c3ccccc3)cccc21. The molecule has 0 aliphatic heterocycles. The van der Waals surface area contributed by atoms with Crippen molar-refractivity contribution in [3.05, 3.63) is 65.2 Å². The molecule has 0 heterocycles. The summed E-state index contributed by atoms with van der Waals surface area (Å²) < 4.78 is 0. The van der Waals surface area contributed by atoms with Gasteiger partial charge in [-0.25, -0.2) is 0 Å². The van der Waals surface area contributed by atoms with Crippen molar-refractivity contribution in [2.45, 2.75) is 44.9 Å². The van der Waals surface area contributed by atoms with Gasteiger partial charge in [0.1, 0.15) is 0 Å². The van der Waals surface area contributed by atoms with Crippen molar-refractivity contribution in [1.82, 2.24) is 0 Å². The van der Waals surface area contributed by atoms with Crippen molar-refractivity contribution in [3.8, 4) is 11.1 Å². The van der Waals surface area contributed by atoms with Crippen molar-refractivity contribution in [2.75, 3.05) is 0 Å². The van der Waals surface area contributed by atoms with Gasteiger partial charge in [0.15, 0.2) is 0 Å². The maximum atomic E-state index is 2.48. The van der Waals surface area contributed by atoms with Crippen molar-refractivity contribution < 1.29 is 0 Å². The molecule has 0 unspecified atom stereocenters. The van der Waals surface area contributed by atoms with Gasteiger partial charge in [-0.15, -0.1) is 0 Å². The van der Waals surface area contributed by atoms with Crippen LogP contribution in [0.3, 0.4) is 0 Å². The molecular formula is C21H26Si. The first-order valence-electron chi connectivity index (χ1n) is 8.19. The Morgan fingerprint density at radius 3 is 2.18 bits per heavy atom. The second kappa shape index (κ2) is 5.24. The minimum Gasteiger partial charge on any atom is -0.0693 e. The molecule has 1 heteroatoms. The molecule has 0 saturated heterocycles. The highest BCUT2D eigenvalue weighted by molar-refractivity contribution is 6.76. The maximum Gasteiger partial charge on any atom is 0.0483 e. The van der Waals surface area contributed by atoms with Gasteiger partial charge >= 0.3 is 0 Å². The van der Waals surface area contributed by atoms with E-state index >= 15 is 0 Å². The average Bonchev–Trinajstić information content (AvgIpc) is 2.70. The number of hydrogen-bond donors (Lipinski definition) is 0. The summed E-state index contributed by atoms with van der Waals surface area (Å²) in [5.74, 6) is 0. The summed E-state index contributed by atoms with van der Waals surface area (Å²) >= 11 is 0. The molecule has 22 heavy (non-hydrogen) atoms. The van der Waals surface area contributed by atoms with Crippen LogP contribution in [0.2, 0.25) is 25.7 Å². The molecule has 1 aliphatic rings. The van der Waals surface area contributed by atoms with Crippen LogP contribution in [-0.4, -0.2) is 8.07 Å². The van der Waals surface area contributed by atoms with Gasteiger partial charge < -0.3 is 0 Å². The number of benzene rings is 2. The standard InChI is InChI=1S/C21H26Si/c1-21(2)17(15-22(3,4)5)14-19-18(12-9-13-20(19)21)16-10-7-6-8-11-16/h6-14H,15H2,1-5H3. The molecule has 0 spiro atoms. The largest absolute Gasteiger partial charge is 0.0693 e. The number of rotatable bonds is 3. The lowest BCUT2D eigenvalue weighted by Crippen LogP contribution is -2.26. The van der Waals surface area contributed by atoms with Gasteiger partial charge in [0.2, 0.25) is 0 Å². The molecule has 0 nitrogen and oxygen atoms in total. The molecule has 0 atom stereocenters. The van der Waals surface area contributed by atoms with Crippen LogP contribution in [0.25, 0.3) is 17.2 Å². The number of allylic oxidation sites excluding steroid dienone is 1. The van der Waals surface area contributed by atoms with E-state index in [0.717, 1.165) is 0 Å². The van der Waals surface area contributed by atoms with Crippen LogP contribution in [0.1, 0.15) is 25.0 Å². The van der Waals surface area contributed by atoms with E-state index < -0.39 is 8.07 Å². The molecule has 0 radical (unpaired) electrons. The summed E-state index contributed by atoms with van der Waals surface area (Å²) in [4.78, 5) is 0. The lowest BCUT2D eigenvalue weighted by atomic mass is 9.81. The first kappa shape index (κ1) is 15.3. The van der Waals surface area contributed by atoms with E-state index in [1.54, 1.807) is 5.57 Å². The highest BCUT2D eigenvalue weighted by Gasteiger charge is 2.35. The molecule has 0 N–H and O–H groups in total. The first-order chi connectivity index (χ1) is 10.3. The monoisotopic (exact) mass is 306 g/mol. The second-order valence-corrected chi connectivity index (χ2v) is 13.6. The Kier molecular flexibility index (Phi) is 3.64. The third-order valence-electron chi connectivity index (χ3n) is 4.71. The van der Waals surface area contributed by atoms with Crippen LogP contribution in [0, 0.1) is 0 Å². The van der Waals surface area contributed by atoms with Crippen LogP contribution in [0.4, 0.5) is 0 Å². The van der Waals surface area contributed by atoms with Crippen LogP contribution in [-0.2, 0) is 5.41 Å². The fraction of sp³-hybridized carbons (Fsp3) is 0.333. The first-order valence-corrected chi connectivity index (χ1v) is 11.9. The fourth-order valence-electron chi connectivity index (χ4n) is 3.51. The Morgan fingerprint density at radius 2 is 1.55 bits per heavy atom. The third-order valence-corrected chi connectivity index (χ3v) is 6.15. The van der Waals surface area contributed by atoms with Gasteiger partial charge in [0.05, 0.1) is 0 Å². The topological polar surface area (TPSA) is 0 Å². The zero-order valence-corrected chi connectivity index (χ0v) is 15.4. The number of fused-ring (bicyclic) bond motifs is 1. The van der Waals surface area contributed by atoms with Crippen LogP contribution in [0.15, 0.2) is 54.1 Å². The minimum absolute atomic E-state index is 0.167. The normalized spacial score (nSPS) is 16.3. The van der Waals surface area contributed by atoms with Crippen molar-refractivity contribution in [3.63, 3.8) is 0 Å². The summed E-state index contributed by atoms with van der Waals surface area (Å²) in [6.07, 6.45) is 2.48. The summed E-state index contributed by atoms with van der Waals surface area (Å²) in [7, 11) is -1.12. The zero-order chi connectivity index (χ0) is 16.0. The Morgan fingerprint density at radius 1 is 0.864 bits per heavy atom. The van der Waals surface area contributed by atoms with Gasteiger partial charge in [-0.1, -0.05) is 93.7 Å². The van der Waals surface area contributed by atoms with E-state index in [1.807, 2.05) is 0 Å². The zero-order valence-electron chi connectivity index (χ0n) is 14.4. The maximum absolute atomic E-state index is 2.48. The van der Waals surface area contributed by atoms with Gasteiger partial charge in [0, 0.05) is 13.5 Å². The lowest BCUT2D eigenvalue weighted by Gasteiger charge is -2.29.